The summed E-state index contributed by atoms with van der Waals surface area (Å²) in [6, 6.07) is 15.6. The minimum atomic E-state index is -0.756. The van der Waals surface area contributed by atoms with Gasteiger partial charge in [-0.3, -0.25) is 9.59 Å². The molecule has 2 aromatic rings. The number of halogens is 1. The first-order valence-corrected chi connectivity index (χ1v) is 10.7. The van der Waals surface area contributed by atoms with Crippen molar-refractivity contribution in [3.8, 4) is 0 Å². The number of aliphatic hydroxyl groups is 1. The number of amides is 1. The van der Waals surface area contributed by atoms with Crippen LogP contribution in [0.1, 0.15) is 37.4 Å². The SMILES string of the molecule is CC(C)OCCCN1C(=O)C(O)=C(C(=O)/C=C/c2ccccc2)[C@@H]1c1ccccc1Cl. The van der Waals surface area contributed by atoms with E-state index in [0.717, 1.165) is 5.56 Å². The van der Waals surface area contributed by atoms with Crippen molar-refractivity contribution in [2.24, 2.45) is 0 Å². The fourth-order valence-electron chi connectivity index (χ4n) is 3.54. The monoisotopic (exact) mass is 439 g/mol. The van der Waals surface area contributed by atoms with Crippen LogP contribution in [0, 0.1) is 0 Å². The van der Waals surface area contributed by atoms with Crippen molar-refractivity contribution in [1.29, 1.82) is 0 Å². The lowest BCUT2D eigenvalue weighted by atomic mass is 9.95. The Balaban J connectivity index is 1.91. The fraction of sp³-hybridized carbons (Fsp3) is 0.280. The number of aliphatic hydroxyl groups excluding tert-OH is 1. The molecule has 0 aromatic heterocycles. The number of ether oxygens (including phenoxy) is 1. The highest BCUT2D eigenvalue weighted by molar-refractivity contribution is 6.31. The molecule has 0 fully saturated rings. The summed E-state index contributed by atoms with van der Waals surface area (Å²) in [5.41, 5.74) is 1.48. The van der Waals surface area contributed by atoms with Gasteiger partial charge >= 0.3 is 0 Å². The summed E-state index contributed by atoms with van der Waals surface area (Å²) < 4.78 is 5.57. The number of benzene rings is 2. The van der Waals surface area contributed by atoms with E-state index in [9.17, 15) is 14.7 Å². The predicted molar refractivity (Wildman–Crippen MR) is 122 cm³/mol. The maximum Gasteiger partial charge on any atom is 0.290 e. The Bertz CT molecular complexity index is 998. The van der Waals surface area contributed by atoms with Gasteiger partial charge in [0.2, 0.25) is 0 Å². The van der Waals surface area contributed by atoms with Gasteiger partial charge in [-0.05, 0) is 43.5 Å². The summed E-state index contributed by atoms with van der Waals surface area (Å²) in [5, 5.41) is 11.0. The van der Waals surface area contributed by atoms with Crippen molar-refractivity contribution in [2.45, 2.75) is 32.4 Å². The van der Waals surface area contributed by atoms with Gasteiger partial charge in [0.15, 0.2) is 11.5 Å². The Morgan fingerprint density at radius 3 is 2.52 bits per heavy atom. The van der Waals surface area contributed by atoms with Gasteiger partial charge in [0.1, 0.15) is 0 Å². The highest BCUT2D eigenvalue weighted by Crippen LogP contribution is 2.40. The van der Waals surface area contributed by atoms with E-state index in [4.69, 9.17) is 16.3 Å². The zero-order chi connectivity index (χ0) is 22.4. The normalized spacial score (nSPS) is 16.7. The molecular formula is C25H26ClNO4. The second kappa shape index (κ2) is 10.4. The van der Waals surface area contributed by atoms with Crippen LogP contribution in [-0.2, 0) is 14.3 Å². The van der Waals surface area contributed by atoms with Gasteiger partial charge in [-0.15, -0.1) is 0 Å². The molecule has 0 aliphatic carbocycles. The van der Waals surface area contributed by atoms with Crippen LogP contribution in [-0.4, -0.2) is 41.0 Å². The lowest BCUT2D eigenvalue weighted by Gasteiger charge is -2.27. The van der Waals surface area contributed by atoms with E-state index in [1.165, 1.54) is 11.0 Å². The van der Waals surface area contributed by atoms with Crippen molar-refractivity contribution >= 4 is 29.4 Å². The largest absolute Gasteiger partial charge is 0.503 e. The third-order valence-corrected chi connectivity index (χ3v) is 5.33. The summed E-state index contributed by atoms with van der Waals surface area (Å²) in [6.45, 7) is 4.67. The van der Waals surface area contributed by atoms with E-state index >= 15 is 0 Å². The Labute approximate surface area is 187 Å². The number of carbonyl (C=O) groups excluding carboxylic acids is 2. The minimum Gasteiger partial charge on any atom is -0.503 e. The first-order chi connectivity index (χ1) is 14.9. The minimum absolute atomic E-state index is 0.0371. The van der Waals surface area contributed by atoms with Crippen LogP contribution >= 0.6 is 11.6 Å². The summed E-state index contributed by atoms with van der Waals surface area (Å²) in [4.78, 5) is 27.4. The van der Waals surface area contributed by atoms with E-state index in [1.54, 1.807) is 30.3 Å². The highest BCUT2D eigenvalue weighted by atomic mass is 35.5. The van der Waals surface area contributed by atoms with E-state index in [-0.39, 0.29) is 11.7 Å². The molecule has 0 unspecified atom stereocenters. The molecule has 1 amide bonds. The molecule has 0 spiro atoms. The Morgan fingerprint density at radius 2 is 1.84 bits per heavy atom. The van der Waals surface area contributed by atoms with Crippen molar-refractivity contribution in [2.75, 3.05) is 13.2 Å². The molecule has 1 aliphatic rings. The fourth-order valence-corrected chi connectivity index (χ4v) is 3.78. The average Bonchev–Trinajstić information content (AvgIpc) is 3.01. The van der Waals surface area contributed by atoms with Gasteiger partial charge in [0.05, 0.1) is 17.7 Å². The standard InChI is InChI=1S/C25H26ClNO4/c1-17(2)31-16-8-15-27-23(19-11-6-7-12-20(19)26)22(24(29)25(27)30)21(28)14-13-18-9-4-3-5-10-18/h3-7,9-14,17,23,29H,8,15-16H2,1-2H3/b14-13+/t23-/m0/s1. The molecular weight excluding hydrogens is 414 g/mol. The van der Waals surface area contributed by atoms with Crippen LogP contribution in [0.2, 0.25) is 5.02 Å². The van der Waals surface area contributed by atoms with E-state index in [0.29, 0.717) is 30.2 Å². The van der Waals surface area contributed by atoms with Crippen LogP contribution in [0.25, 0.3) is 6.08 Å². The Morgan fingerprint density at radius 1 is 1.16 bits per heavy atom. The number of carbonyl (C=O) groups is 2. The van der Waals surface area contributed by atoms with Gasteiger partial charge in [0, 0.05) is 18.2 Å². The summed E-state index contributed by atoms with van der Waals surface area (Å²) >= 11 is 6.41. The molecule has 31 heavy (non-hydrogen) atoms. The molecule has 162 valence electrons. The van der Waals surface area contributed by atoms with Crippen molar-refractivity contribution in [1.82, 2.24) is 4.90 Å². The molecule has 1 atom stereocenters. The van der Waals surface area contributed by atoms with Crippen molar-refractivity contribution in [3.63, 3.8) is 0 Å². The first kappa shape index (κ1) is 22.8. The quantitative estimate of drug-likeness (QED) is 0.434. The van der Waals surface area contributed by atoms with Gasteiger partial charge in [0.25, 0.3) is 5.91 Å². The summed E-state index contributed by atoms with van der Waals surface area (Å²) in [7, 11) is 0. The summed E-state index contributed by atoms with van der Waals surface area (Å²) in [6.07, 6.45) is 3.69. The first-order valence-electron chi connectivity index (χ1n) is 10.3. The van der Waals surface area contributed by atoms with E-state index < -0.39 is 23.5 Å². The van der Waals surface area contributed by atoms with Crippen molar-refractivity contribution in [3.05, 3.63) is 88.2 Å². The second-order valence-electron chi connectivity index (χ2n) is 7.57. The summed E-state index contributed by atoms with van der Waals surface area (Å²) in [5.74, 6) is -1.54. The van der Waals surface area contributed by atoms with Gasteiger partial charge < -0.3 is 14.7 Å². The average molecular weight is 440 g/mol. The molecule has 0 saturated carbocycles. The van der Waals surface area contributed by atoms with Crippen molar-refractivity contribution < 1.29 is 19.4 Å². The molecule has 1 aliphatic heterocycles. The molecule has 0 saturated heterocycles. The molecule has 0 bridgehead atoms. The lowest BCUT2D eigenvalue weighted by Crippen LogP contribution is -2.32. The zero-order valence-electron chi connectivity index (χ0n) is 17.6. The van der Waals surface area contributed by atoms with Gasteiger partial charge in [-0.25, -0.2) is 0 Å². The molecule has 1 N–H and O–H groups in total. The van der Waals surface area contributed by atoms with Crippen LogP contribution in [0.5, 0.6) is 0 Å². The number of hydrogen-bond donors (Lipinski definition) is 1. The van der Waals surface area contributed by atoms with Gasteiger partial charge in [-0.2, -0.15) is 0 Å². The maximum atomic E-state index is 13.1. The molecule has 0 radical (unpaired) electrons. The van der Waals surface area contributed by atoms with E-state index in [2.05, 4.69) is 0 Å². The van der Waals surface area contributed by atoms with Crippen LogP contribution in [0.15, 0.2) is 72.0 Å². The Kier molecular flexibility index (Phi) is 7.66. The number of rotatable bonds is 9. The topological polar surface area (TPSA) is 66.8 Å². The molecule has 3 rings (SSSR count). The third-order valence-electron chi connectivity index (χ3n) is 4.99. The maximum absolute atomic E-state index is 13.1. The molecule has 6 heteroatoms. The predicted octanol–water partition coefficient (Wildman–Crippen LogP) is 5.13. The number of allylic oxidation sites excluding steroid dienone is 1. The Hall–Kier alpha value is -2.89. The van der Waals surface area contributed by atoms with E-state index in [1.807, 2.05) is 44.2 Å². The molecule has 2 aromatic carbocycles. The van der Waals surface area contributed by atoms with Crippen LogP contribution in [0.4, 0.5) is 0 Å². The highest BCUT2D eigenvalue weighted by Gasteiger charge is 2.43. The number of hydrogen-bond acceptors (Lipinski definition) is 4. The zero-order valence-corrected chi connectivity index (χ0v) is 18.4. The van der Waals surface area contributed by atoms with Crippen LogP contribution < -0.4 is 0 Å². The lowest BCUT2D eigenvalue weighted by molar-refractivity contribution is -0.129. The number of ketones is 1. The van der Waals surface area contributed by atoms with Crippen LogP contribution in [0.3, 0.4) is 0 Å². The molecule has 1 heterocycles. The molecule has 5 nitrogen and oxygen atoms in total. The third kappa shape index (κ3) is 5.43. The smallest absolute Gasteiger partial charge is 0.290 e. The second-order valence-corrected chi connectivity index (χ2v) is 7.97. The van der Waals surface area contributed by atoms with Gasteiger partial charge in [-0.1, -0.05) is 66.2 Å². The number of nitrogens with zero attached hydrogens (tertiary/aromatic N) is 1.